The smallest absolute Gasteiger partial charge is 0.274 e. The Morgan fingerprint density at radius 2 is 2.31 bits per heavy atom. The van der Waals surface area contributed by atoms with E-state index in [-0.39, 0.29) is 10.9 Å². The number of imide groups is 1. The molecule has 2 amide bonds. The molecule has 4 N–H and O–H groups in total. The van der Waals surface area contributed by atoms with E-state index in [9.17, 15) is 9.59 Å². The standard InChI is InChI=1S/C9H12N4O2S/c1-13-4-2-3-6(13)8(15)12-7(14)5-16-9(10)11/h2-4H,5H2,1H3,(H3,10,11)(H,12,14,15). The second-order valence-corrected chi connectivity index (χ2v) is 4.05. The van der Waals surface area contributed by atoms with E-state index >= 15 is 0 Å². The molecule has 86 valence electrons. The van der Waals surface area contributed by atoms with Gasteiger partial charge < -0.3 is 10.3 Å². The number of amides is 2. The van der Waals surface area contributed by atoms with Gasteiger partial charge >= 0.3 is 0 Å². The van der Waals surface area contributed by atoms with Crippen molar-refractivity contribution in [3.8, 4) is 0 Å². The molecule has 0 saturated heterocycles. The number of nitrogens with zero attached hydrogens (tertiary/aromatic N) is 1. The minimum absolute atomic E-state index is 0.0362. The molecule has 0 aliphatic rings. The third-order valence-corrected chi connectivity index (χ3v) is 2.51. The molecular weight excluding hydrogens is 228 g/mol. The van der Waals surface area contributed by atoms with Crippen molar-refractivity contribution in [2.24, 2.45) is 12.8 Å². The molecule has 0 aromatic carbocycles. The van der Waals surface area contributed by atoms with Crippen LogP contribution in [0.25, 0.3) is 0 Å². The number of carbonyl (C=O) groups is 2. The first-order valence-corrected chi connectivity index (χ1v) is 5.41. The Balaban J connectivity index is 2.49. The van der Waals surface area contributed by atoms with Gasteiger partial charge in [-0.2, -0.15) is 0 Å². The van der Waals surface area contributed by atoms with Crippen molar-refractivity contribution in [1.82, 2.24) is 9.88 Å². The van der Waals surface area contributed by atoms with Crippen molar-refractivity contribution in [3.63, 3.8) is 0 Å². The lowest BCUT2D eigenvalue weighted by Gasteiger charge is -2.04. The molecule has 16 heavy (non-hydrogen) atoms. The lowest BCUT2D eigenvalue weighted by atomic mass is 10.4. The Morgan fingerprint density at radius 3 is 2.81 bits per heavy atom. The van der Waals surface area contributed by atoms with Crippen molar-refractivity contribution in [3.05, 3.63) is 24.0 Å². The first-order chi connectivity index (χ1) is 7.50. The van der Waals surface area contributed by atoms with Gasteiger partial charge in [-0.15, -0.1) is 0 Å². The van der Waals surface area contributed by atoms with Gasteiger partial charge in [0.15, 0.2) is 5.17 Å². The number of nitrogens with one attached hydrogen (secondary N) is 2. The molecule has 1 rings (SSSR count). The Morgan fingerprint density at radius 1 is 1.62 bits per heavy atom. The lowest BCUT2D eigenvalue weighted by molar-refractivity contribution is -0.117. The van der Waals surface area contributed by atoms with Crippen molar-refractivity contribution >= 4 is 28.7 Å². The molecule has 0 bridgehead atoms. The van der Waals surface area contributed by atoms with Crippen molar-refractivity contribution in [2.75, 3.05) is 5.75 Å². The third-order valence-electron chi connectivity index (χ3n) is 1.79. The largest absolute Gasteiger partial charge is 0.379 e. The Hall–Kier alpha value is -1.76. The molecule has 6 nitrogen and oxygen atoms in total. The topological polar surface area (TPSA) is 101 Å². The number of amidine groups is 1. The first kappa shape index (κ1) is 12.3. The van der Waals surface area contributed by atoms with E-state index < -0.39 is 11.8 Å². The molecule has 0 aliphatic heterocycles. The summed E-state index contributed by atoms with van der Waals surface area (Å²) in [6.45, 7) is 0. The normalized spacial score (nSPS) is 9.81. The highest BCUT2D eigenvalue weighted by molar-refractivity contribution is 8.14. The zero-order chi connectivity index (χ0) is 12.1. The summed E-state index contributed by atoms with van der Waals surface area (Å²) >= 11 is 0.873. The van der Waals surface area contributed by atoms with E-state index in [1.807, 2.05) is 0 Å². The van der Waals surface area contributed by atoms with E-state index in [4.69, 9.17) is 11.1 Å². The van der Waals surface area contributed by atoms with E-state index in [1.54, 1.807) is 29.9 Å². The summed E-state index contributed by atoms with van der Waals surface area (Å²) < 4.78 is 1.61. The van der Waals surface area contributed by atoms with Crippen LogP contribution in [0.2, 0.25) is 0 Å². The number of thioether (sulfide) groups is 1. The van der Waals surface area contributed by atoms with Crippen LogP contribution in [0.3, 0.4) is 0 Å². The first-order valence-electron chi connectivity index (χ1n) is 4.43. The van der Waals surface area contributed by atoms with Gasteiger partial charge in [0.1, 0.15) is 5.69 Å². The van der Waals surface area contributed by atoms with Crippen LogP contribution in [0.1, 0.15) is 10.5 Å². The minimum Gasteiger partial charge on any atom is -0.379 e. The Labute approximate surface area is 96.7 Å². The van der Waals surface area contributed by atoms with Crippen LogP contribution >= 0.6 is 11.8 Å². The summed E-state index contributed by atoms with van der Waals surface area (Å²) in [6, 6.07) is 3.32. The second kappa shape index (κ2) is 5.36. The average molecular weight is 240 g/mol. The van der Waals surface area contributed by atoms with Crippen LogP contribution in [0.15, 0.2) is 18.3 Å². The van der Waals surface area contributed by atoms with Crippen LogP contribution in [0, 0.1) is 5.41 Å². The molecular formula is C9H12N4O2S. The zero-order valence-corrected chi connectivity index (χ0v) is 9.50. The molecule has 0 fully saturated rings. The molecule has 1 aromatic rings. The summed E-state index contributed by atoms with van der Waals surface area (Å²) in [5.41, 5.74) is 5.47. The molecule has 1 aromatic heterocycles. The average Bonchev–Trinajstić information content (AvgIpc) is 2.61. The van der Waals surface area contributed by atoms with E-state index in [1.165, 1.54) is 0 Å². The Kier molecular flexibility index (Phi) is 4.12. The van der Waals surface area contributed by atoms with Crippen molar-refractivity contribution in [2.45, 2.75) is 0 Å². The monoisotopic (exact) mass is 240 g/mol. The van der Waals surface area contributed by atoms with Gasteiger partial charge in [0, 0.05) is 13.2 Å². The van der Waals surface area contributed by atoms with Crippen LogP contribution < -0.4 is 11.1 Å². The number of carbonyl (C=O) groups excluding carboxylic acids is 2. The summed E-state index contributed by atoms with van der Waals surface area (Å²) in [4.78, 5) is 22.8. The zero-order valence-electron chi connectivity index (χ0n) is 8.69. The number of hydrogen-bond acceptors (Lipinski definition) is 4. The van der Waals surface area contributed by atoms with E-state index in [0.29, 0.717) is 5.69 Å². The van der Waals surface area contributed by atoms with Gasteiger partial charge in [-0.1, -0.05) is 11.8 Å². The number of nitrogens with two attached hydrogens (primary N) is 1. The number of rotatable bonds is 3. The quantitative estimate of drug-likeness (QED) is 0.507. The molecule has 0 aliphatic carbocycles. The van der Waals surface area contributed by atoms with Gasteiger partial charge in [0.2, 0.25) is 5.91 Å². The highest BCUT2D eigenvalue weighted by Crippen LogP contribution is 2.00. The number of aryl methyl sites for hydroxylation is 1. The molecule has 0 unspecified atom stereocenters. The van der Waals surface area contributed by atoms with E-state index in [0.717, 1.165) is 11.8 Å². The van der Waals surface area contributed by atoms with E-state index in [2.05, 4.69) is 5.32 Å². The highest BCUT2D eigenvalue weighted by atomic mass is 32.2. The van der Waals surface area contributed by atoms with Crippen LogP contribution in [0.5, 0.6) is 0 Å². The van der Waals surface area contributed by atoms with Crippen molar-refractivity contribution < 1.29 is 9.59 Å². The van der Waals surface area contributed by atoms with Gasteiger partial charge in [0.05, 0.1) is 5.75 Å². The fourth-order valence-electron chi connectivity index (χ4n) is 1.07. The van der Waals surface area contributed by atoms with Crippen LogP contribution in [0.4, 0.5) is 0 Å². The van der Waals surface area contributed by atoms with Gasteiger partial charge in [-0.3, -0.25) is 20.3 Å². The summed E-state index contributed by atoms with van der Waals surface area (Å²) in [6.07, 6.45) is 1.71. The molecule has 0 spiro atoms. The summed E-state index contributed by atoms with van der Waals surface area (Å²) in [5.74, 6) is -0.959. The molecule has 7 heteroatoms. The molecule has 1 heterocycles. The number of hydrogen-bond donors (Lipinski definition) is 3. The maximum Gasteiger partial charge on any atom is 0.274 e. The molecule has 0 atom stereocenters. The lowest BCUT2D eigenvalue weighted by Crippen LogP contribution is -2.33. The maximum absolute atomic E-state index is 11.5. The van der Waals surface area contributed by atoms with Crippen LogP contribution in [-0.4, -0.2) is 27.3 Å². The summed E-state index contributed by atoms with van der Waals surface area (Å²) in [5, 5.41) is 8.97. The minimum atomic E-state index is -0.466. The third kappa shape index (κ3) is 3.43. The Bertz CT molecular complexity index is 427. The molecule has 0 saturated carbocycles. The van der Waals surface area contributed by atoms with Gasteiger partial charge in [-0.25, -0.2) is 0 Å². The fraction of sp³-hybridized carbons (Fsp3) is 0.222. The fourth-order valence-corrected chi connectivity index (χ4v) is 1.43. The maximum atomic E-state index is 11.5. The second-order valence-electron chi connectivity index (χ2n) is 3.03. The van der Waals surface area contributed by atoms with Crippen molar-refractivity contribution in [1.29, 1.82) is 5.41 Å². The number of aromatic nitrogens is 1. The van der Waals surface area contributed by atoms with Crippen LogP contribution in [-0.2, 0) is 11.8 Å². The highest BCUT2D eigenvalue weighted by Gasteiger charge is 2.12. The molecule has 0 radical (unpaired) electrons. The SMILES string of the molecule is Cn1cccc1C(=O)NC(=O)CSC(=N)N. The summed E-state index contributed by atoms with van der Waals surface area (Å²) in [7, 11) is 1.71. The van der Waals surface area contributed by atoms with Gasteiger partial charge in [0.25, 0.3) is 5.91 Å². The predicted molar refractivity (Wildman–Crippen MR) is 62.3 cm³/mol. The predicted octanol–water partition coefficient (Wildman–Crippen LogP) is -0.0918. The van der Waals surface area contributed by atoms with Gasteiger partial charge in [-0.05, 0) is 12.1 Å².